The van der Waals surface area contributed by atoms with E-state index in [2.05, 4.69) is 61.5 Å². The second-order valence-electron chi connectivity index (χ2n) is 6.47. The van der Waals surface area contributed by atoms with Crippen molar-refractivity contribution in [3.63, 3.8) is 0 Å². The molecule has 0 aliphatic heterocycles. The Bertz CT molecular complexity index is 1410. The van der Waals surface area contributed by atoms with Crippen molar-refractivity contribution >= 4 is 64.6 Å². The van der Waals surface area contributed by atoms with Crippen LogP contribution in [-0.2, 0) is 0 Å². The summed E-state index contributed by atoms with van der Waals surface area (Å²) in [7, 11) is 0. The first kappa shape index (κ1) is 12.7. The van der Waals surface area contributed by atoms with Crippen LogP contribution in [0.25, 0.3) is 53.3 Å². The second kappa shape index (κ2) is 4.22. The van der Waals surface area contributed by atoms with Crippen LogP contribution in [0.15, 0.2) is 60.8 Å². The third kappa shape index (κ3) is 1.43. The fraction of sp³-hybridized carbons (Fsp3) is 0.0455. The van der Waals surface area contributed by atoms with Gasteiger partial charge >= 0.3 is 0 Å². The van der Waals surface area contributed by atoms with Crippen LogP contribution in [0.1, 0.15) is 4.88 Å². The highest BCUT2D eigenvalue weighted by molar-refractivity contribution is 7.20. The minimum absolute atomic E-state index is 1.13. The van der Waals surface area contributed by atoms with Crippen LogP contribution in [0.5, 0.6) is 0 Å². The van der Waals surface area contributed by atoms with Gasteiger partial charge in [-0.1, -0.05) is 30.3 Å². The highest BCUT2D eigenvalue weighted by Gasteiger charge is 2.17. The third-order valence-electron chi connectivity index (χ3n) is 5.17. The molecule has 0 aliphatic carbocycles. The van der Waals surface area contributed by atoms with Gasteiger partial charge in [-0.2, -0.15) is 0 Å². The predicted octanol–water partition coefficient (Wildman–Crippen LogP) is 6.66. The molecule has 6 aromatic rings. The van der Waals surface area contributed by atoms with E-state index in [0.29, 0.717) is 0 Å². The Morgan fingerprint density at radius 3 is 2.38 bits per heavy atom. The molecule has 0 saturated carbocycles. The molecular formula is C22H13NS. The molecule has 0 bridgehead atoms. The van der Waals surface area contributed by atoms with E-state index < -0.39 is 0 Å². The smallest absolute Gasteiger partial charge is 0.0793 e. The summed E-state index contributed by atoms with van der Waals surface area (Å²) in [6, 6.07) is 19.9. The van der Waals surface area contributed by atoms with Crippen molar-refractivity contribution in [2.75, 3.05) is 0 Å². The molecule has 0 amide bonds. The molecular weight excluding hydrogens is 310 g/mol. The highest BCUT2D eigenvalue weighted by Crippen LogP contribution is 2.45. The summed E-state index contributed by atoms with van der Waals surface area (Å²) >= 11 is 1.89. The maximum Gasteiger partial charge on any atom is 0.0793 e. The van der Waals surface area contributed by atoms with Gasteiger partial charge in [0.2, 0.25) is 0 Å². The van der Waals surface area contributed by atoms with Gasteiger partial charge in [0.25, 0.3) is 0 Å². The molecule has 0 atom stereocenters. The van der Waals surface area contributed by atoms with E-state index in [1.165, 1.54) is 52.7 Å². The molecule has 0 unspecified atom stereocenters. The number of nitrogens with zero attached hydrogens (tertiary/aromatic N) is 1. The molecule has 0 fully saturated rings. The molecule has 1 nitrogen and oxygen atoms in total. The van der Waals surface area contributed by atoms with E-state index in [9.17, 15) is 0 Å². The maximum atomic E-state index is 4.78. The summed E-state index contributed by atoms with van der Waals surface area (Å²) < 4.78 is 1.36. The summed E-state index contributed by atoms with van der Waals surface area (Å²) in [5.41, 5.74) is 1.13. The molecule has 0 aliphatic rings. The van der Waals surface area contributed by atoms with Gasteiger partial charge in [-0.05, 0) is 52.7 Å². The second-order valence-corrected chi connectivity index (χ2v) is 7.73. The minimum atomic E-state index is 1.13. The molecule has 6 rings (SSSR count). The third-order valence-corrected chi connectivity index (χ3v) is 6.24. The van der Waals surface area contributed by atoms with Crippen LogP contribution >= 0.6 is 11.3 Å². The Kier molecular flexibility index (Phi) is 2.23. The average molecular weight is 323 g/mol. The summed E-state index contributed by atoms with van der Waals surface area (Å²) in [6.07, 6.45) is 1.94. The normalized spacial score (nSPS) is 12.4. The van der Waals surface area contributed by atoms with Crippen LogP contribution in [0.3, 0.4) is 0 Å². The fourth-order valence-electron chi connectivity index (χ4n) is 4.15. The van der Waals surface area contributed by atoms with Gasteiger partial charge in [-0.15, -0.1) is 11.3 Å². The number of thiophene rings is 1. The number of hydrogen-bond donors (Lipinski definition) is 0. The number of pyridine rings is 1. The van der Waals surface area contributed by atoms with Crippen molar-refractivity contribution in [3.05, 3.63) is 65.7 Å². The van der Waals surface area contributed by atoms with Gasteiger partial charge in [0.05, 0.1) is 5.52 Å². The van der Waals surface area contributed by atoms with Crippen molar-refractivity contribution in [1.29, 1.82) is 0 Å². The van der Waals surface area contributed by atoms with Crippen molar-refractivity contribution in [2.45, 2.75) is 6.92 Å². The van der Waals surface area contributed by atoms with E-state index in [0.717, 1.165) is 5.52 Å². The SMILES string of the molecule is Cc1sc2ccc3ccnc4c5cc6ccccc6cc5c1c2c34. The molecule has 2 aromatic heterocycles. The maximum absolute atomic E-state index is 4.78. The van der Waals surface area contributed by atoms with Crippen LogP contribution in [-0.4, -0.2) is 4.98 Å². The quantitative estimate of drug-likeness (QED) is 0.225. The Balaban J connectivity index is 2.07. The molecule has 0 saturated heterocycles. The molecule has 0 N–H and O–H groups in total. The van der Waals surface area contributed by atoms with E-state index in [-0.39, 0.29) is 0 Å². The Morgan fingerprint density at radius 1 is 0.750 bits per heavy atom. The lowest BCUT2D eigenvalue weighted by Crippen LogP contribution is -1.87. The molecule has 4 aromatic carbocycles. The van der Waals surface area contributed by atoms with Crippen LogP contribution in [0.2, 0.25) is 0 Å². The van der Waals surface area contributed by atoms with Crippen LogP contribution in [0.4, 0.5) is 0 Å². The Labute approximate surface area is 142 Å². The van der Waals surface area contributed by atoms with Gasteiger partial charge < -0.3 is 0 Å². The Hall–Kier alpha value is -2.71. The van der Waals surface area contributed by atoms with Gasteiger partial charge in [0, 0.05) is 37.3 Å². The van der Waals surface area contributed by atoms with Crippen molar-refractivity contribution in [3.8, 4) is 0 Å². The number of aromatic nitrogens is 1. The lowest BCUT2D eigenvalue weighted by molar-refractivity contribution is 1.44. The zero-order valence-corrected chi connectivity index (χ0v) is 13.9. The van der Waals surface area contributed by atoms with Gasteiger partial charge in [0.15, 0.2) is 0 Å². The number of rotatable bonds is 0. The first-order valence-corrected chi connectivity index (χ1v) is 8.97. The van der Waals surface area contributed by atoms with E-state index in [4.69, 9.17) is 4.98 Å². The van der Waals surface area contributed by atoms with Crippen LogP contribution in [0, 0.1) is 6.92 Å². The molecule has 112 valence electrons. The lowest BCUT2D eigenvalue weighted by atomic mass is 9.93. The summed E-state index contributed by atoms with van der Waals surface area (Å²) in [5.74, 6) is 0. The van der Waals surface area contributed by atoms with Gasteiger partial charge in [-0.3, -0.25) is 4.98 Å². The largest absolute Gasteiger partial charge is 0.256 e. The monoisotopic (exact) mass is 323 g/mol. The van der Waals surface area contributed by atoms with Gasteiger partial charge in [-0.25, -0.2) is 0 Å². The zero-order valence-electron chi connectivity index (χ0n) is 13.1. The number of fused-ring (bicyclic) bond motifs is 4. The topological polar surface area (TPSA) is 12.9 Å². The fourth-order valence-corrected chi connectivity index (χ4v) is 5.23. The number of hydrogen-bond acceptors (Lipinski definition) is 2. The van der Waals surface area contributed by atoms with Crippen molar-refractivity contribution in [1.82, 2.24) is 4.98 Å². The zero-order chi connectivity index (χ0) is 15.8. The minimum Gasteiger partial charge on any atom is -0.256 e. The molecule has 24 heavy (non-hydrogen) atoms. The van der Waals surface area contributed by atoms with E-state index >= 15 is 0 Å². The van der Waals surface area contributed by atoms with E-state index in [1.54, 1.807) is 0 Å². The summed E-state index contributed by atoms with van der Waals surface area (Å²) in [4.78, 5) is 6.17. The predicted molar refractivity (Wildman–Crippen MR) is 106 cm³/mol. The van der Waals surface area contributed by atoms with Crippen molar-refractivity contribution in [2.24, 2.45) is 0 Å². The van der Waals surface area contributed by atoms with Crippen molar-refractivity contribution < 1.29 is 0 Å². The molecule has 2 heterocycles. The first-order chi connectivity index (χ1) is 11.8. The molecule has 0 radical (unpaired) electrons. The highest BCUT2D eigenvalue weighted by atomic mass is 32.1. The van der Waals surface area contributed by atoms with E-state index in [1.807, 2.05) is 17.5 Å². The summed E-state index contributed by atoms with van der Waals surface area (Å²) in [5, 5.41) is 10.6. The van der Waals surface area contributed by atoms with Crippen LogP contribution < -0.4 is 0 Å². The molecule has 2 heteroatoms. The Morgan fingerprint density at radius 2 is 1.54 bits per heavy atom. The first-order valence-electron chi connectivity index (χ1n) is 8.15. The molecule has 0 spiro atoms. The van der Waals surface area contributed by atoms with Gasteiger partial charge in [0.1, 0.15) is 0 Å². The lowest BCUT2D eigenvalue weighted by Gasteiger charge is -2.11. The standard InChI is InChI=1S/C22H13NS/c1-12-19-16-10-14-4-2-3-5-15(14)11-17(16)22-20-13(8-9-23-22)6-7-18(24-12)21(19)20/h2-11H,1H3. The number of aryl methyl sites for hydroxylation is 1. The average Bonchev–Trinajstić information content (AvgIpc) is 2.96. The summed E-state index contributed by atoms with van der Waals surface area (Å²) in [6.45, 7) is 2.24. The number of benzene rings is 4.